The monoisotopic (exact) mass is 541 g/mol. The van der Waals surface area contributed by atoms with E-state index in [1.54, 1.807) is 0 Å². The molecule has 5 aromatic rings. The Morgan fingerprint density at radius 2 is 0.951 bits per heavy atom. The molecule has 0 bridgehead atoms. The van der Waals surface area contributed by atoms with Crippen LogP contribution in [0.1, 0.15) is 27.7 Å². The van der Waals surface area contributed by atoms with E-state index in [4.69, 9.17) is 33.7 Å². The second-order valence-electron chi connectivity index (χ2n) is 11.2. The lowest BCUT2D eigenvalue weighted by Crippen LogP contribution is -2.41. The zero-order chi connectivity index (χ0) is 28.2. The van der Waals surface area contributed by atoms with Crippen LogP contribution in [0.5, 0.6) is 23.0 Å². The molecule has 0 radical (unpaired) electrons. The van der Waals surface area contributed by atoms with Crippen LogP contribution in [0, 0.1) is 0 Å². The molecule has 2 aliphatic heterocycles. The third-order valence-electron chi connectivity index (χ3n) is 7.85. The Morgan fingerprint density at radius 3 is 1.46 bits per heavy atom. The lowest BCUT2D eigenvalue weighted by molar-refractivity contribution is 0.00578. The normalized spacial score (nSPS) is 16.3. The first kappa shape index (κ1) is 25.4. The zero-order valence-corrected chi connectivity index (χ0v) is 23.3. The highest BCUT2D eigenvalue weighted by molar-refractivity contribution is 6.64. The first-order valence-corrected chi connectivity index (χ1v) is 13.6. The minimum atomic E-state index is -0.682. The van der Waals surface area contributed by atoms with Gasteiger partial charge in [0.25, 0.3) is 0 Å². The molecular formula is C33H28BN3O4. The van der Waals surface area contributed by atoms with E-state index >= 15 is 0 Å². The fourth-order valence-corrected chi connectivity index (χ4v) is 4.88. The molecule has 7 nitrogen and oxygen atoms in total. The van der Waals surface area contributed by atoms with Crippen molar-refractivity contribution in [3.05, 3.63) is 97.1 Å². The summed E-state index contributed by atoms with van der Waals surface area (Å²) in [5.41, 5.74) is 2.14. The fraction of sp³-hybridized carbons (Fsp3) is 0.182. The van der Waals surface area contributed by atoms with Gasteiger partial charge in [0.1, 0.15) is 0 Å². The first-order valence-electron chi connectivity index (χ1n) is 13.6. The number of aromatic nitrogens is 3. The Hall–Kier alpha value is -4.53. The Kier molecular flexibility index (Phi) is 5.92. The molecule has 0 unspecified atom stereocenters. The third kappa shape index (κ3) is 4.55. The fourth-order valence-electron chi connectivity index (χ4n) is 4.88. The average molecular weight is 541 g/mol. The minimum Gasteiger partial charge on any atom is -0.450 e. The molecule has 1 fully saturated rings. The van der Waals surface area contributed by atoms with Crippen LogP contribution in [0.15, 0.2) is 97.1 Å². The number of hydrogen-bond donors (Lipinski definition) is 0. The van der Waals surface area contributed by atoms with Crippen LogP contribution in [-0.2, 0) is 9.31 Å². The predicted molar refractivity (Wildman–Crippen MR) is 158 cm³/mol. The number of ether oxygens (including phenoxy) is 2. The van der Waals surface area contributed by atoms with Gasteiger partial charge in [-0.15, -0.1) is 0 Å². The number of para-hydroxylation sites is 2. The van der Waals surface area contributed by atoms with Crippen molar-refractivity contribution < 1.29 is 18.8 Å². The third-order valence-corrected chi connectivity index (χ3v) is 7.85. The molecule has 202 valence electrons. The maximum Gasteiger partial charge on any atom is 0.495 e. The number of rotatable bonds is 4. The highest BCUT2D eigenvalue weighted by Gasteiger charge is 2.52. The molecule has 2 aliphatic rings. The first-order chi connectivity index (χ1) is 19.8. The largest absolute Gasteiger partial charge is 0.495 e. The summed E-state index contributed by atoms with van der Waals surface area (Å²) in [6, 6.07) is 31.2. The van der Waals surface area contributed by atoms with E-state index in [0.717, 1.165) is 16.6 Å². The molecule has 0 saturated carbocycles. The van der Waals surface area contributed by atoms with E-state index < -0.39 is 18.3 Å². The Bertz CT molecular complexity index is 1690. The highest BCUT2D eigenvalue weighted by Crippen LogP contribution is 2.46. The van der Waals surface area contributed by atoms with E-state index in [1.807, 2.05) is 125 Å². The van der Waals surface area contributed by atoms with Gasteiger partial charge < -0.3 is 18.8 Å². The molecule has 0 atom stereocenters. The second kappa shape index (κ2) is 9.54. The number of nitrogens with zero attached hydrogens (tertiary/aromatic N) is 3. The topological polar surface area (TPSA) is 75.6 Å². The summed E-state index contributed by atoms with van der Waals surface area (Å²) in [6.07, 6.45) is 0. The van der Waals surface area contributed by atoms with Gasteiger partial charge in [0, 0.05) is 16.7 Å². The minimum absolute atomic E-state index is 0.479. The molecule has 8 heteroatoms. The summed E-state index contributed by atoms with van der Waals surface area (Å²) in [4.78, 5) is 14.8. The van der Waals surface area contributed by atoms with E-state index in [2.05, 4.69) is 0 Å². The quantitative estimate of drug-likeness (QED) is 0.221. The molecule has 4 aromatic carbocycles. The molecule has 1 aromatic heterocycles. The van der Waals surface area contributed by atoms with Gasteiger partial charge in [-0.25, -0.2) is 15.0 Å². The van der Waals surface area contributed by atoms with E-state index in [0.29, 0.717) is 46.0 Å². The molecule has 0 spiro atoms. The van der Waals surface area contributed by atoms with Crippen molar-refractivity contribution in [3.63, 3.8) is 0 Å². The van der Waals surface area contributed by atoms with Crippen LogP contribution in [0.2, 0.25) is 0 Å². The van der Waals surface area contributed by atoms with Gasteiger partial charge in [-0.1, -0.05) is 72.8 Å². The highest BCUT2D eigenvalue weighted by atomic mass is 16.7. The van der Waals surface area contributed by atoms with E-state index in [-0.39, 0.29) is 0 Å². The van der Waals surface area contributed by atoms with E-state index in [9.17, 15) is 0 Å². The van der Waals surface area contributed by atoms with Crippen molar-refractivity contribution in [2.24, 2.45) is 0 Å². The molecule has 41 heavy (non-hydrogen) atoms. The van der Waals surface area contributed by atoms with Crippen LogP contribution >= 0.6 is 0 Å². The van der Waals surface area contributed by atoms with Crippen molar-refractivity contribution in [2.45, 2.75) is 38.9 Å². The summed E-state index contributed by atoms with van der Waals surface area (Å²) < 4.78 is 25.6. The summed E-state index contributed by atoms with van der Waals surface area (Å²) in [7, 11) is -0.682. The van der Waals surface area contributed by atoms with Crippen molar-refractivity contribution >= 4 is 12.6 Å². The lowest BCUT2D eigenvalue weighted by atomic mass is 9.75. The van der Waals surface area contributed by atoms with Crippen molar-refractivity contribution in [1.82, 2.24) is 15.0 Å². The molecule has 1 saturated heterocycles. The Morgan fingerprint density at radius 1 is 0.512 bits per heavy atom. The van der Waals surface area contributed by atoms with Crippen molar-refractivity contribution in [2.75, 3.05) is 0 Å². The maximum atomic E-state index is 6.51. The van der Waals surface area contributed by atoms with Gasteiger partial charge in [-0.05, 0) is 57.4 Å². The van der Waals surface area contributed by atoms with Crippen LogP contribution in [-0.4, -0.2) is 33.3 Å². The summed E-state index contributed by atoms with van der Waals surface area (Å²) in [5, 5.41) is 0. The second-order valence-corrected chi connectivity index (χ2v) is 11.2. The Balaban J connectivity index is 1.44. The smallest absolute Gasteiger partial charge is 0.450 e. The molecule has 3 heterocycles. The average Bonchev–Trinajstić information content (AvgIpc) is 3.22. The maximum absolute atomic E-state index is 6.51. The van der Waals surface area contributed by atoms with Crippen molar-refractivity contribution in [1.29, 1.82) is 0 Å². The predicted octanol–water partition coefficient (Wildman–Crippen LogP) is 7.07. The Labute approximate surface area is 239 Å². The number of hydrogen-bond acceptors (Lipinski definition) is 7. The van der Waals surface area contributed by atoms with E-state index in [1.165, 1.54) is 0 Å². The molecule has 0 N–H and O–H groups in total. The molecule has 0 amide bonds. The summed E-state index contributed by atoms with van der Waals surface area (Å²) >= 11 is 0. The summed E-state index contributed by atoms with van der Waals surface area (Å²) in [5.74, 6) is 4.02. The van der Waals surface area contributed by atoms with Gasteiger partial charge in [-0.2, -0.15) is 0 Å². The molecule has 0 aliphatic carbocycles. The van der Waals surface area contributed by atoms with Gasteiger partial charge in [0.05, 0.1) is 11.2 Å². The standard InChI is InChI=1S/C33H28BN3O4/c1-32(2)33(3,4)41-34(40-32)24-20-28-27(38-25-17-11-12-18-26(25)39-28)19-23(24)31-36-29(21-13-7-5-8-14-21)35-30(37-31)22-15-9-6-10-16-22/h5-20H,1-4H3. The van der Waals surface area contributed by atoms with Gasteiger partial charge in [-0.3, -0.25) is 0 Å². The lowest BCUT2D eigenvalue weighted by Gasteiger charge is -2.32. The van der Waals surface area contributed by atoms with Gasteiger partial charge >= 0.3 is 7.12 Å². The van der Waals surface area contributed by atoms with Gasteiger partial charge in [0.2, 0.25) is 0 Å². The van der Waals surface area contributed by atoms with Crippen LogP contribution in [0.4, 0.5) is 0 Å². The molecular weight excluding hydrogens is 513 g/mol. The molecule has 7 rings (SSSR count). The SMILES string of the molecule is CC1(C)OB(c2cc3c(cc2-c2nc(-c4ccccc4)nc(-c4ccccc4)n2)Oc2ccccc2O3)OC1(C)C. The van der Waals surface area contributed by atoms with Crippen molar-refractivity contribution in [3.8, 4) is 57.2 Å². The van der Waals surface area contributed by atoms with Gasteiger partial charge in [0.15, 0.2) is 40.5 Å². The van der Waals surface area contributed by atoms with Crippen LogP contribution in [0.3, 0.4) is 0 Å². The number of fused-ring (bicyclic) bond motifs is 2. The van der Waals surface area contributed by atoms with Crippen LogP contribution in [0.25, 0.3) is 34.2 Å². The zero-order valence-electron chi connectivity index (χ0n) is 23.3. The number of benzene rings is 4. The van der Waals surface area contributed by atoms with Crippen LogP contribution < -0.4 is 14.9 Å². The summed E-state index contributed by atoms with van der Waals surface area (Å²) in [6.45, 7) is 8.13.